The molecule has 5 heteroatoms. The number of hydrogen-bond acceptors (Lipinski definition) is 0. The Labute approximate surface area is 302 Å². The van der Waals surface area contributed by atoms with Gasteiger partial charge in [-0.2, -0.15) is 26.2 Å². The molecule has 0 aromatic rings. The second kappa shape index (κ2) is 63.3. The zero-order valence-corrected chi connectivity index (χ0v) is 33.5. The summed E-state index contributed by atoms with van der Waals surface area (Å²) in [6.07, 6.45) is 42.7. The smallest absolute Gasteiger partial charge is 0.677 e. The summed E-state index contributed by atoms with van der Waals surface area (Å²) in [5.41, 5.74) is 27.8. The second-order valence-corrected chi connectivity index (χ2v) is 12.9. The van der Waals surface area contributed by atoms with Gasteiger partial charge in [-0.25, -0.2) is 0 Å². The molecule has 0 aliphatic carbocycles. The summed E-state index contributed by atoms with van der Waals surface area (Å²) >= 11 is 0. The molecule has 272 valence electrons. The van der Waals surface area contributed by atoms with Gasteiger partial charge in [-0.05, 0) is 0 Å². The van der Waals surface area contributed by atoms with Crippen LogP contribution >= 0.6 is 0 Å². The molecule has 0 saturated carbocycles. The maximum absolute atomic E-state index is 6.95. The van der Waals surface area contributed by atoms with Gasteiger partial charge in [-0.3, -0.25) is 0 Å². The van der Waals surface area contributed by atoms with Gasteiger partial charge in [0, 0.05) is 0 Å². The van der Waals surface area contributed by atoms with Crippen molar-refractivity contribution < 1.29 is 21.7 Å². The second-order valence-electron chi connectivity index (χ2n) is 12.9. The van der Waals surface area contributed by atoms with E-state index in [1.807, 2.05) is 0 Å². The van der Waals surface area contributed by atoms with E-state index in [-0.39, 0.29) is 21.7 Å². The fourth-order valence-corrected chi connectivity index (χ4v) is 5.04. The van der Waals surface area contributed by atoms with Gasteiger partial charge >= 0.3 is 21.7 Å². The Kier molecular flexibility index (Phi) is 77.3. The fourth-order valence-electron chi connectivity index (χ4n) is 5.04. The fraction of sp³-hybridized carbons (Fsp3) is 1.00. The molecular formula is C40H88N4Ti. The van der Waals surface area contributed by atoms with Crippen LogP contribution in [0.15, 0.2) is 0 Å². The molecule has 0 aromatic heterocycles. The molecule has 45 heavy (non-hydrogen) atoms. The molecule has 0 aliphatic rings. The van der Waals surface area contributed by atoms with Crippen molar-refractivity contribution in [2.45, 2.75) is 233 Å². The van der Waals surface area contributed by atoms with Crippen LogP contribution < -0.4 is 0 Å². The summed E-state index contributed by atoms with van der Waals surface area (Å²) in [6.45, 7) is 11.5. The van der Waals surface area contributed by atoms with Crippen molar-refractivity contribution in [3.05, 3.63) is 22.9 Å². The molecule has 4 N–H and O–H groups in total. The summed E-state index contributed by atoms with van der Waals surface area (Å²) in [4.78, 5) is 0. The number of rotatable bonds is 32. The molecule has 0 rings (SSSR count). The molecule has 0 heterocycles. The van der Waals surface area contributed by atoms with E-state index in [1.165, 1.54) is 180 Å². The molecule has 0 atom stereocenters. The molecule has 0 spiro atoms. The standard InChI is InChI=1S/4C10H22N.Ti/c4*1-2-3-4-5-6-7-8-9-10-11;/h4*11H,2-10H2,1H3;/q4*-1;+4. The first kappa shape index (κ1) is 55.0. The Bertz CT molecular complexity index is 294. The van der Waals surface area contributed by atoms with Crippen LogP contribution in [0.3, 0.4) is 0 Å². The minimum atomic E-state index is 0. The molecule has 0 aliphatic heterocycles. The van der Waals surface area contributed by atoms with Crippen molar-refractivity contribution >= 4 is 0 Å². The van der Waals surface area contributed by atoms with E-state index < -0.39 is 0 Å². The van der Waals surface area contributed by atoms with Crippen LogP contribution in [0, 0.1) is 0 Å². The predicted octanol–water partition coefficient (Wildman–Crippen LogP) is 16.7. The van der Waals surface area contributed by atoms with Gasteiger partial charge < -0.3 is 22.9 Å². The minimum Gasteiger partial charge on any atom is -0.677 e. The van der Waals surface area contributed by atoms with E-state index in [9.17, 15) is 0 Å². The SMILES string of the molecule is CCCCCCCCCC[NH-].CCCCCCCCCC[NH-].CCCCCCCCCC[NH-].CCCCCCCCCC[NH-].[Ti+4]. The van der Waals surface area contributed by atoms with Gasteiger partial charge in [-0.15, -0.1) is 0 Å². The van der Waals surface area contributed by atoms with Gasteiger partial charge in [-0.1, -0.05) is 233 Å². The average Bonchev–Trinajstić information content (AvgIpc) is 3.04. The van der Waals surface area contributed by atoms with Gasteiger partial charge in [0.2, 0.25) is 0 Å². The van der Waals surface area contributed by atoms with Gasteiger partial charge in [0.05, 0.1) is 0 Å². The van der Waals surface area contributed by atoms with Crippen LogP contribution in [-0.2, 0) is 21.7 Å². The van der Waals surface area contributed by atoms with E-state index >= 15 is 0 Å². The largest absolute Gasteiger partial charge is 4.00 e. The molecule has 0 fully saturated rings. The number of unbranched alkanes of at least 4 members (excludes halogenated alkanes) is 28. The van der Waals surface area contributed by atoms with E-state index in [0.29, 0.717) is 26.2 Å². The first-order valence-electron chi connectivity index (χ1n) is 20.2. The zero-order valence-electron chi connectivity index (χ0n) is 32.0. The van der Waals surface area contributed by atoms with Crippen LogP contribution in [0.4, 0.5) is 0 Å². The first-order chi connectivity index (χ1) is 21.7. The topological polar surface area (TPSA) is 95.2 Å². The molecule has 4 nitrogen and oxygen atoms in total. The molecule has 0 bridgehead atoms. The summed E-state index contributed by atoms with van der Waals surface area (Å²) in [5, 5.41) is 0. The van der Waals surface area contributed by atoms with Crippen LogP contribution in [0.1, 0.15) is 233 Å². The normalized spacial score (nSPS) is 10.1. The van der Waals surface area contributed by atoms with Crippen LogP contribution in [0.5, 0.6) is 0 Å². The van der Waals surface area contributed by atoms with Crippen molar-refractivity contribution in [1.82, 2.24) is 0 Å². The van der Waals surface area contributed by atoms with Crippen molar-refractivity contribution in [3.8, 4) is 0 Å². The quantitative estimate of drug-likeness (QED) is 0.0502. The van der Waals surface area contributed by atoms with Crippen LogP contribution in [-0.4, -0.2) is 26.2 Å². The third kappa shape index (κ3) is 76.1. The Morgan fingerprint density at radius 2 is 0.311 bits per heavy atom. The third-order valence-corrected chi connectivity index (χ3v) is 8.12. The predicted molar refractivity (Wildman–Crippen MR) is 207 cm³/mol. The van der Waals surface area contributed by atoms with Crippen molar-refractivity contribution in [3.63, 3.8) is 0 Å². The summed E-state index contributed by atoms with van der Waals surface area (Å²) < 4.78 is 0. The van der Waals surface area contributed by atoms with Crippen LogP contribution in [0.2, 0.25) is 0 Å². The van der Waals surface area contributed by atoms with Gasteiger partial charge in [0.1, 0.15) is 0 Å². The first-order valence-corrected chi connectivity index (χ1v) is 20.2. The maximum atomic E-state index is 6.95. The van der Waals surface area contributed by atoms with Crippen molar-refractivity contribution in [2.75, 3.05) is 26.2 Å². The Morgan fingerprint density at radius 3 is 0.422 bits per heavy atom. The maximum Gasteiger partial charge on any atom is 4.00 e. The Morgan fingerprint density at radius 1 is 0.200 bits per heavy atom. The summed E-state index contributed by atoms with van der Waals surface area (Å²) in [7, 11) is 0. The van der Waals surface area contributed by atoms with E-state index in [2.05, 4.69) is 27.7 Å². The monoisotopic (exact) mass is 673 g/mol. The average molecular weight is 673 g/mol. The Hall–Kier alpha value is 0.554. The molecule has 0 radical (unpaired) electrons. The summed E-state index contributed by atoms with van der Waals surface area (Å²) in [6, 6.07) is 0. The zero-order chi connectivity index (χ0) is 33.5. The van der Waals surface area contributed by atoms with Crippen molar-refractivity contribution in [2.24, 2.45) is 0 Å². The molecule has 0 unspecified atom stereocenters. The molecule has 0 saturated heterocycles. The number of hydrogen-bond donors (Lipinski definition) is 0. The number of nitrogens with one attached hydrogen (secondary N) is 4. The Balaban J connectivity index is -0.000000157. The van der Waals surface area contributed by atoms with E-state index in [1.54, 1.807) is 0 Å². The van der Waals surface area contributed by atoms with Crippen molar-refractivity contribution in [1.29, 1.82) is 0 Å². The molecule has 0 aromatic carbocycles. The van der Waals surface area contributed by atoms with E-state index in [0.717, 1.165) is 25.7 Å². The van der Waals surface area contributed by atoms with Crippen LogP contribution in [0.25, 0.3) is 22.9 Å². The molecular weight excluding hydrogens is 584 g/mol. The summed E-state index contributed by atoms with van der Waals surface area (Å²) in [5.74, 6) is 0. The van der Waals surface area contributed by atoms with Gasteiger partial charge in [0.25, 0.3) is 0 Å². The minimum absolute atomic E-state index is 0. The van der Waals surface area contributed by atoms with E-state index in [4.69, 9.17) is 22.9 Å². The van der Waals surface area contributed by atoms with Gasteiger partial charge in [0.15, 0.2) is 0 Å². The molecule has 0 amide bonds. The third-order valence-electron chi connectivity index (χ3n) is 8.12.